The summed E-state index contributed by atoms with van der Waals surface area (Å²) in [5, 5.41) is 0. The fourth-order valence-electron chi connectivity index (χ4n) is 3.57. The van der Waals surface area contributed by atoms with Gasteiger partial charge in [-0.05, 0) is 42.9 Å². The van der Waals surface area contributed by atoms with Gasteiger partial charge in [-0.2, -0.15) is 4.31 Å². The van der Waals surface area contributed by atoms with E-state index in [4.69, 9.17) is 0 Å². The van der Waals surface area contributed by atoms with Gasteiger partial charge in [-0.25, -0.2) is 17.2 Å². The minimum Gasteiger partial charge on any atom is -0.207 e. The van der Waals surface area contributed by atoms with Crippen molar-refractivity contribution in [3.8, 4) is 0 Å². The van der Waals surface area contributed by atoms with Gasteiger partial charge in [0.25, 0.3) is 0 Å². The Morgan fingerprint density at radius 2 is 1.71 bits per heavy atom. The van der Waals surface area contributed by atoms with E-state index < -0.39 is 21.7 Å². The van der Waals surface area contributed by atoms with Crippen LogP contribution in [0, 0.1) is 23.5 Å². The highest BCUT2D eigenvalue weighted by atomic mass is 32.2. The standard InChI is InChI=1S/C15H19F2NO2S/c16-14-6-5-13(9-15(14)17)21(19,20)18-8-7-11-3-1-2-4-12(11)10-18/h5-6,9,11-12H,1-4,7-8,10H2/t11-,12-/m1/s1. The van der Waals surface area contributed by atoms with Crippen LogP contribution in [0.1, 0.15) is 32.1 Å². The Balaban J connectivity index is 1.83. The van der Waals surface area contributed by atoms with Crippen LogP contribution in [0.3, 0.4) is 0 Å². The summed E-state index contributed by atoms with van der Waals surface area (Å²) >= 11 is 0. The van der Waals surface area contributed by atoms with E-state index in [1.54, 1.807) is 0 Å². The molecule has 0 unspecified atom stereocenters. The van der Waals surface area contributed by atoms with Gasteiger partial charge < -0.3 is 0 Å². The zero-order chi connectivity index (χ0) is 15.0. The van der Waals surface area contributed by atoms with E-state index in [2.05, 4.69) is 0 Å². The molecule has 1 aliphatic heterocycles. The fraction of sp³-hybridized carbons (Fsp3) is 0.600. The average molecular weight is 315 g/mol. The van der Waals surface area contributed by atoms with Crippen molar-refractivity contribution < 1.29 is 17.2 Å². The number of sulfonamides is 1. The Hall–Kier alpha value is -1.01. The van der Waals surface area contributed by atoms with Gasteiger partial charge in [-0.1, -0.05) is 19.3 Å². The van der Waals surface area contributed by atoms with Crippen molar-refractivity contribution in [1.82, 2.24) is 4.31 Å². The largest absolute Gasteiger partial charge is 0.243 e. The Morgan fingerprint density at radius 3 is 2.43 bits per heavy atom. The van der Waals surface area contributed by atoms with Crippen molar-refractivity contribution in [2.75, 3.05) is 13.1 Å². The first-order valence-corrected chi connectivity index (χ1v) is 8.87. The molecule has 0 amide bonds. The highest BCUT2D eigenvalue weighted by Crippen LogP contribution is 2.37. The summed E-state index contributed by atoms with van der Waals surface area (Å²) < 4.78 is 52.8. The maximum absolute atomic E-state index is 13.3. The normalized spacial score (nSPS) is 27.3. The van der Waals surface area contributed by atoms with Crippen LogP contribution in [-0.4, -0.2) is 25.8 Å². The molecule has 1 saturated carbocycles. The fourth-order valence-corrected chi connectivity index (χ4v) is 5.10. The van der Waals surface area contributed by atoms with Crippen molar-refractivity contribution in [2.45, 2.75) is 37.0 Å². The van der Waals surface area contributed by atoms with E-state index in [1.165, 1.54) is 17.1 Å². The van der Waals surface area contributed by atoms with Gasteiger partial charge in [0, 0.05) is 13.1 Å². The number of piperidine rings is 1. The van der Waals surface area contributed by atoms with E-state index >= 15 is 0 Å². The van der Waals surface area contributed by atoms with Gasteiger partial charge in [-0.15, -0.1) is 0 Å². The molecule has 0 bridgehead atoms. The molecule has 2 atom stereocenters. The summed E-state index contributed by atoms with van der Waals surface area (Å²) in [6.45, 7) is 0.981. The Labute approximate surface area is 124 Å². The van der Waals surface area contributed by atoms with Crippen LogP contribution in [0.25, 0.3) is 0 Å². The molecule has 116 valence electrons. The van der Waals surface area contributed by atoms with E-state index in [-0.39, 0.29) is 4.90 Å². The predicted molar refractivity (Wildman–Crippen MR) is 75.2 cm³/mol. The number of rotatable bonds is 2. The molecular formula is C15H19F2NO2S. The van der Waals surface area contributed by atoms with Crippen LogP contribution in [0.2, 0.25) is 0 Å². The van der Waals surface area contributed by atoms with Crippen LogP contribution in [0.15, 0.2) is 23.1 Å². The Bertz CT molecular complexity index is 633. The Morgan fingerprint density at radius 1 is 1.00 bits per heavy atom. The Kier molecular flexibility index (Phi) is 4.01. The molecule has 6 heteroatoms. The number of fused-ring (bicyclic) bond motifs is 1. The number of benzene rings is 1. The third-order valence-corrected chi connectivity index (χ3v) is 6.64. The molecule has 0 N–H and O–H groups in total. The van der Waals surface area contributed by atoms with E-state index in [0.29, 0.717) is 24.9 Å². The lowest BCUT2D eigenvalue weighted by Gasteiger charge is -2.40. The topological polar surface area (TPSA) is 37.4 Å². The number of nitrogens with zero attached hydrogens (tertiary/aromatic N) is 1. The van der Waals surface area contributed by atoms with Crippen LogP contribution in [0.4, 0.5) is 8.78 Å². The summed E-state index contributed by atoms with van der Waals surface area (Å²) in [4.78, 5) is -0.157. The van der Waals surface area contributed by atoms with E-state index in [1.807, 2.05) is 0 Å². The second-order valence-electron chi connectivity index (χ2n) is 6.03. The van der Waals surface area contributed by atoms with Crippen LogP contribution >= 0.6 is 0 Å². The van der Waals surface area contributed by atoms with Crippen molar-refractivity contribution >= 4 is 10.0 Å². The summed E-state index contributed by atoms with van der Waals surface area (Å²) in [5.74, 6) is -1.12. The first-order valence-electron chi connectivity index (χ1n) is 7.43. The van der Waals surface area contributed by atoms with Crippen LogP contribution in [0.5, 0.6) is 0 Å². The molecule has 1 heterocycles. The van der Waals surface area contributed by atoms with Crippen LogP contribution in [-0.2, 0) is 10.0 Å². The first-order chi connectivity index (χ1) is 9.98. The first kappa shape index (κ1) is 14.9. The molecule has 1 aliphatic carbocycles. The minimum atomic E-state index is -3.73. The highest BCUT2D eigenvalue weighted by Gasteiger charge is 2.36. The zero-order valence-corrected chi connectivity index (χ0v) is 12.6. The number of halogens is 2. The van der Waals surface area contributed by atoms with Gasteiger partial charge in [0.05, 0.1) is 4.90 Å². The number of hydrogen-bond donors (Lipinski definition) is 0. The second kappa shape index (κ2) is 5.65. The molecule has 3 rings (SSSR count). The maximum atomic E-state index is 13.3. The maximum Gasteiger partial charge on any atom is 0.243 e. The SMILES string of the molecule is O=S(=O)(c1ccc(F)c(F)c1)N1CC[C@H]2CCCC[C@@H]2C1. The monoisotopic (exact) mass is 315 g/mol. The zero-order valence-electron chi connectivity index (χ0n) is 11.8. The van der Waals surface area contributed by atoms with Gasteiger partial charge in [-0.3, -0.25) is 0 Å². The number of hydrogen-bond acceptors (Lipinski definition) is 2. The lowest BCUT2D eigenvalue weighted by Crippen LogP contribution is -2.44. The van der Waals surface area contributed by atoms with Crippen molar-refractivity contribution in [2.24, 2.45) is 11.8 Å². The second-order valence-corrected chi connectivity index (χ2v) is 7.97. The van der Waals surface area contributed by atoms with Crippen LogP contribution < -0.4 is 0 Å². The summed E-state index contributed by atoms with van der Waals surface area (Å²) in [6, 6.07) is 2.79. The minimum absolute atomic E-state index is 0.157. The summed E-state index contributed by atoms with van der Waals surface area (Å²) in [7, 11) is -3.73. The molecule has 3 nitrogen and oxygen atoms in total. The third kappa shape index (κ3) is 2.83. The smallest absolute Gasteiger partial charge is 0.207 e. The highest BCUT2D eigenvalue weighted by molar-refractivity contribution is 7.89. The molecule has 2 aliphatic rings. The average Bonchev–Trinajstić information content (AvgIpc) is 2.49. The quantitative estimate of drug-likeness (QED) is 0.840. The van der Waals surface area contributed by atoms with Gasteiger partial charge >= 0.3 is 0 Å². The van der Waals surface area contributed by atoms with Gasteiger partial charge in [0.2, 0.25) is 10.0 Å². The van der Waals surface area contributed by atoms with Crippen molar-refractivity contribution in [1.29, 1.82) is 0 Å². The third-order valence-electron chi connectivity index (χ3n) is 4.78. The molecular weight excluding hydrogens is 296 g/mol. The van der Waals surface area contributed by atoms with Crippen molar-refractivity contribution in [3.63, 3.8) is 0 Å². The lowest BCUT2D eigenvalue weighted by atomic mass is 9.76. The summed E-state index contributed by atoms with van der Waals surface area (Å²) in [5.41, 5.74) is 0. The van der Waals surface area contributed by atoms with Gasteiger partial charge in [0.1, 0.15) is 0 Å². The molecule has 1 aromatic carbocycles. The van der Waals surface area contributed by atoms with Crippen molar-refractivity contribution in [3.05, 3.63) is 29.8 Å². The molecule has 1 aromatic rings. The molecule has 0 radical (unpaired) electrons. The molecule has 1 saturated heterocycles. The van der Waals surface area contributed by atoms with E-state index in [9.17, 15) is 17.2 Å². The molecule has 0 aromatic heterocycles. The summed E-state index contributed by atoms with van der Waals surface area (Å²) in [6.07, 6.45) is 5.50. The van der Waals surface area contributed by atoms with E-state index in [0.717, 1.165) is 37.5 Å². The van der Waals surface area contributed by atoms with Gasteiger partial charge in [0.15, 0.2) is 11.6 Å². The molecule has 21 heavy (non-hydrogen) atoms. The molecule has 2 fully saturated rings. The lowest BCUT2D eigenvalue weighted by molar-refractivity contribution is 0.136. The molecule has 0 spiro atoms. The predicted octanol–water partition coefficient (Wildman–Crippen LogP) is 3.17.